The lowest BCUT2D eigenvalue weighted by molar-refractivity contribution is 0.494. The molecule has 1 aromatic heterocycles. The van der Waals surface area contributed by atoms with Crippen molar-refractivity contribution in [2.24, 2.45) is 0 Å². The minimum Gasteiger partial charge on any atom is -0.418 e. The lowest BCUT2D eigenvalue weighted by Crippen LogP contribution is -2.12. The summed E-state index contributed by atoms with van der Waals surface area (Å²) in [6.45, 7) is 2.07. The second kappa shape index (κ2) is 7.23. The highest BCUT2D eigenvalue weighted by atomic mass is 16.4. The molecule has 3 aromatic carbocycles. The molecule has 0 unspecified atom stereocenters. The van der Waals surface area contributed by atoms with E-state index in [1.165, 1.54) is 5.56 Å². The van der Waals surface area contributed by atoms with E-state index in [4.69, 9.17) is 4.42 Å². The van der Waals surface area contributed by atoms with E-state index in [0.29, 0.717) is 11.8 Å². The van der Waals surface area contributed by atoms with E-state index in [1.807, 2.05) is 48.5 Å². The van der Waals surface area contributed by atoms with Gasteiger partial charge in [-0.05, 0) is 36.8 Å². The van der Waals surface area contributed by atoms with Crippen LogP contribution < -0.4 is 5.32 Å². The maximum absolute atomic E-state index is 6.00. The van der Waals surface area contributed by atoms with Crippen molar-refractivity contribution in [2.45, 2.75) is 13.0 Å². The number of aromatic nitrogens is 2. The van der Waals surface area contributed by atoms with Gasteiger partial charge in [0.15, 0.2) is 0 Å². The number of nitrogens with zero attached hydrogens (tertiary/aromatic N) is 2. The number of rotatable bonds is 5. The van der Waals surface area contributed by atoms with Gasteiger partial charge in [-0.1, -0.05) is 66.2 Å². The van der Waals surface area contributed by atoms with Crippen molar-refractivity contribution in [1.82, 2.24) is 10.2 Å². The molecule has 0 aliphatic heterocycles. The fourth-order valence-corrected chi connectivity index (χ4v) is 2.80. The molecule has 128 valence electrons. The number of benzene rings is 3. The second-order valence-electron chi connectivity index (χ2n) is 6.17. The molecule has 0 saturated carbocycles. The van der Waals surface area contributed by atoms with Crippen molar-refractivity contribution in [1.29, 1.82) is 0 Å². The van der Waals surface area contributed by atoms with Crippen molar-refractivity contribution in [3.05, 3.63) is 102 Å². The van der Waals surface area contributed by atoms with E-state index in [-0.39, 0.29) is 6.04 Å². The van der Waals surface area contributed by atoms with Crippen LogP contribution in [0.15, 0.2) is 89.3 Å². The molecule has 1 heterocycles. The zero-order chi connectivity index (χ0) is 17.8. The van der Waals surface area contributed by atoms with Crippen LogP contribution in [0.25, 0.3) is 11.5 Å². The average molecular weight is 341 g/mol. The molecule has 0 aliphatic carbocycles. The Bertz CT molecular complexity index is 963. The Kier molecular flexibility index (Phi) is 4.48. The van der Waals surface area contributed by atoms with Crippen LogP contribution in [0.5, 0.6) is 0 Å². The normalized spacial score (nSPS) is 11.9. The molecule has 4 aromatic rings. The van der Waals surface area contributed by atoms with E-state index in [1.54, 1.807) is 0 Å². The molecule has 1 atom stereocenters. The molecule has 0 radical (unpaired) electrons. The van der Waals surface area contributed by atoms with E-state index in [9.17, 15) is 0 Å². The van der Waals surface area contributed by atoms with Crippen LogP contribution in [0, 0.1) is 6.92 Å². The average Bonchev–Trinajstić information content (AvgIpc) is 3.19. The van der Waals surface area contributed by atoms with Crippen LogP contribution in [0.4, 0.5) is 5.69 Å². The summed E-state index contributed by atoms with van der Waals surface area (Å²) in [5, 5.41) is 12.0. The van der Waals surface area contributed by atoms with E-state index < -0.39 is 0 Å². The van der Waals surface area contributed by atoms with Gasteiger partial charge >= 0.3 is 0 Å². The number of nitrogens with one attached hydrogen (secondary N) is 1. The molecule has 26 heavy (non-hydrogen) atoms. The first-order chi connectivity index (χ1) is 12.8. The third-order valence-corrected chi connectivity index (χ3v) is 4.20. The minimum absolute atomic E-state index is 0.219. The monoisotopic (exact) mass is 341 g/mol. The highest BCUT2D eigenvalue weighted by molar-refractivity contribution is 5.53. The highest BCUT2D eigenvalue weighted by Crippen LogP contribution is 2.28. The Hall–Kier alpha value is -3.40. The highest BCUT2D eigenvalue weighted by Gasteiger charge is 2.21. The fraction of sp³-hybridized carbons (Fsp3) is 0.0909. The van der Waals surface area contributed by atoms with Gasteiger partial charge in [-0.25, -0.2) is 0 Å². The molecule has 0 saturated heterocycles. The lowest BCUT2D eigenvalue weighted by atomic mass is 10.1. The molecule has 0 amide bonds. The topological polar surface area (TPSA) is 51.0 Å². The number of hydrogen-bond acceptors (Lipinski definition) is 4. The standard InChI is InChI=1S/C22H19N3O/c1-16-12-14-19(15-13-16)23-20(17-8-4-2-5-9-17)22-25-24-21(26-22)18-10-6-3-7-11-18/h2-15,20,23H,1H3/t20-/m0/s1. The number of aryl methyl sites for hydroxylation is 1. The number of hydrogen-bond donors (Lipinski definition) is 1. The van der Waals surface area contributed by atoms with E-state index >= 15 is 0 Å². The lowest BCUT2D eigenvalue weighted by Gasteiger charge is -2.17. The van der Waals surface area contributed by atoms with Gasteiger partial charge in [-0.3, -0.25) is 0 Å². The van der Waals surface area contributed by atoms with E-state index in [2.05, 4.69) is 58.8 Å². The van der Waals surface area contributed by atoms with Crippen LogP contribution in [0.2, 0.25) is 0 Å². The zero-order valence-electron chi connectivity index (χ0n) is 14.5. The van der Waals surface area contributed by atoms with Crippen LogP contribution in [-0.4, -0.2) is 10.2 Å². The van der Waals surface area contributed by atoms with Crippen LogP contribution in [0.1, 0.15) is 23.1 Å². The van der Waals surface area contributed by atoms with Gasteiger partial charge in [0.1, 0.15) is 6.04 Å². The molecular formula is C22H19N3O. The van der Waals surface area contributed by atoms with Crippen molar-refractivity contribution in [3.63, 3.8) is 0 Å². The third kappa shape index (κ3) is 3.49. The van der Waals surface area contributed by atoms with Gasteiger partial charge in [0, 0.05) is 11.3 Å². The van der Waals surface area contributed by atoms with Crippen LogP contribution >= 0.6 is 0 Å². The molecule has 0 fully saturated rings. The third-order valence-electron chi connectivity index (χ3n) is 4.20. The van der Waals surface area contributed by atoms with Crippen molar-refractivity contribution >= 4 is 5.69 Å². The largest absolute Gasteiger partial charge is 0.418 e. The maximum atomic E-state index is 6.00. The molecule has 0 aliphatic rings. The predicted molar refractivity (Wildman–Crippen MR) is 103 cm³/mol. The van der Waals surface area contributed by atoms with Gasteiger partial charge in [0.2, 0.25) is 11.8 Å². The van der Waals surface area contributed by atoms with Gasteiger partial charge < -0.3 is 9.73 Å². The molecule has 1 N–H and O–H groups in total. The summed E-state index contributed by atoms with van der Waals surface area (Å²) in [4.78, 5) is 0. The number of anilines is 1. The first kappa shape index (κ1) is 16.1. The zero-order valence-corrected chi connectivity index (χ0v) is 14.5. The first-order valence-electron chi connectivity index (χ1n) is 8.56. The Labute approximate surface area is 152 Å². The second-order valence-corrected chi connectivity index (χ2v) is 6.17. The molecule has 0 bridgehead atoms. The van der Waals surface area contributed by atoms with Crippen molar-refractivity contribution in [2.75, 3.05) is 5.32 Å². The summed E-state index contributed by atoms with van der Waals surface area (Å²) < 4.78 is 6.00. The summed E-state index contributed by atoms with van der Waals surface area (Å²) in [5.74, 6) is 1.06. The summed E-state index contributed by atoms with van der Waals surface area (Å²) >= 11 is 0. The van der Waals surface area contributed by atoms with Crippen LogP contribution in [0.3, 0.4) is 0 Å². The molecule has 0 spiro atoms. The van der Waals surface area contributed by atoms with Gasteiger partial charge in [0.05, 0.1) is 0 Å². The fourth-order valence-electron chi connectivity index (χ4n) is 2.80. The smallest absolute Gasteiger partial charge is 0.247 e. The Morgan fingerprint density at radius 2 is 1.42 bits per heavy atom. The van der Waals surface area contributed by atoms with Crippen molar-refractivity contribution < 1.29 is 4.42 Å². The van der Waals surface area contributed by atoms with E-state index in [0.717, 1.165) is 16.8 Å². The Morgan fingerprint density at radius 3 is 2.12 bits per heavy atom. The molecule has 4 heteroatoms. The van der Waals surface area contributed by atoms with Gasteiger partial charge in [0.25, 0.3) is 0 Å². The first-order valence-corrected chi connectivity index (χ1v) is 8.56. The van der Waals surface area contributed by atoms with Gasteiger partial charge in [-0.2, -0.15) is 0 Å². The summed E-state index contributed by atoms with van der Waals surface area (Å²) in [7, 11) is 0. The quantitative estimate of drug-likeness (QED) is 0.539. The molecule has 4 rings (SSSR count). The molecule has 4 nitrogen and oxygen atoms in total. The van der Waals surface area contributed by atoms with Crippen molar-refractivity contribution in [3.8, 4) is 11.5 Å². The summed E-state index contributed by atoms with van der Waals surface area (Å²) in [6, 6.07) is 28.0. The Morgan fingerprint density at radius 1 is 0.769 bits per heavy atom. The van der Waals surface area contributed by atoms with Crippen LogP contribution in [-0.2, 0) is 0 Å². The maximum Gasteiger partial charge on any atom is 0.247 e. The minimum atomic E-state index is -0.219. The van der Waals surface area contributed by atoms with Gasteiger partial charge in [-0.15, -0.1) is 10.2 Å². The predicted octanol–water partition coefficient (Wildman–Crippen LogP) is 5.25. The summed E-state index contributed by atoms with van der Waals surface area (Å²) in [5.41, 5.74) is 4.20. The molecular weight excluding hydrogens is 322 g/mol. The Balaban J connectivity index is 1.69. The summed E-state index contributed by atoms with van der Waals surface area (Å²) in [6.07, 6.45) is 0. The SMILES string of the molecule is Cc1ccc(N[C@@H](c2ccccc2)c2nnc(-c3ccccc3)o2)cc1.